The van der Waals surface area contributed by atoms with Gasteiger partial charge < -0.3 is 4.74 Å². The second-order valence-electron chi connectivity index (χ2n) is 5.65. The Labute approximate surface area is 170 Å². The summed E-state index contributed by atoms with van der Waals surface area (Å²) in [5.74, 6) is 0.291. The van der Waals surface area contributed by atoms with Crippen LogP contribution in [0.5, 0.6) is 5.75 Å². The molecule has 1 saturated heterocycles. The first-order chi connectivity index (χ1) is 13.0. The Bertz CT molecular complexity index is 913. The molecule has 2 aromatic rings. The number of hydrogen-bond acceptors (Lipinski definition) is 4. The highest BCUT2D eigenvalue weighted by Gasteiger charge is 2.32. The van der Waals surface area contributed by atoms with E-state index in [-0.39, 0.29) is 11.7 Å². The summed E-state index contributed by atoms with van der Waals surface area (Å²) in [6, 6.07) is 11.6. The van der Waals surface area contributed by atoms with E-state index in [0.717, 1.165) is 10.0 Å². The van der Waals surface area contributed by atoms with Crippen LogP contribution >= 0.6 is 27.7 Å². The number of amidine groups is 1. The molecule has 140 valence electrons. The minimum Gasteiger partial charge on any atom is -0.493 e. The lowest BCUT2D eigenvalue weighted by Crippen LogP contribution is -2.28. The molecule has 0 atom stereocenters. The molecule has 0 aliphatic carbocycles. The fourth-order valence-electron chi connectivity index (χ4n) is 2.56. The van der Waals surface area contributed by atoms with E-state index in [2.05, 4.69) is 20.9 Å². The smallest absolute Gasteiger partial charge is 0.266 e. The predicted molar refractivity (Wildman–Crippen MR) is 112 cm³/mol. The summed E-state index contributed by atoms with van der Waals surface area (Å²) in [6.45, 7) is 4.85. The van der Waals surface area contributed by atoms with Crippen LogP contribution in [0.4, 0.5) is 10.1 Å². The van der Waals surface area contributed by atoms with Gasteiger partial charge >= 0.3 is 0 Å². The average Bonchev–Trinajstić information content (AvgIpc) is 2.94. The molecular weight excluding hydrogens is 431 g/mol. The van der Waals surface area contributed by atoms with Gasteiger partial charge in [0.05, 0.1) is 17.2 Å². The highest BCUT2D eigenvalue weighted by Crippen LogP contribution is 2.36. The van der Waals surface area contributed by atoms with Crippen LogP contribution in [0.15, 0.2) is 56.8 Å². The number of ether oxygens (including phenoxy) is 1. The van der Waals surface area contributed by atoms with Crippen LogP contribution in [-0.4, -0.2) is 29.1 Å². The molecule has 1 aliphatic heterocycles. The van der Waals surface area contributed by atoms with Gasteiger partial charge in [0.15, 0.2) is 5.17 Å². The number of nitrogens with zero attached hydrogens (tertiary/aromatic N) is 2. The molecule has 1 amide bonds. The summed E-state index contributed by atoms with van der Waals surface area (Å²) >= 11 is 4.76. The van der Waals surface area contributed by atoms with Crippen molar-refractivity contribution in [3.05, 3.63) is 63.2 Å². The van der Waals surface area contributed by atoms with E-state index in [1.807, 2.05) is 38.1 Å². The molecule has 1 heterocycles. The van der Waals surface area contributed by atoms with Gasteiger partial charge in [0.25, 0.3) is 5.91 Å². The minimum atomic E-state index is -0.319. The fraction of sp³-hybridized carbons (Fsp3) is 0.200. The Hall–Kier alpha value is -2.12. The molecule has 0 aromatic heterocycles. The zero-order chi connectivity index (χ0) is 19.4. The molecule has 0 N–H and O–H groups in total. The molecule has 0 radical (unpaired) electrons. The number of rotatable bonds is 5. The normalized spacial score (nSPS) is 17.2. The van der Waals surface area contributed by atoms with Crippen molar-refractivity contribution in [2.24, 2.45) is 4.99 Å². The summed E-state index contributed by atoms with van der Waals surface area (Å²) in [5, 5.41) is 0.577. The monoisotopic (exact) mass is 448 g/mol. The lowest BCUT2D eigenvalue weighted by Gasteiger charge is -2.12. The molecule has 1 aliphatic rings. The first-order valence-electron chi connectivity index (χ1n) is 8.49. The van der Waals surface area contributed by atoms with Crippen LogP contribution < -0.4 is 4.74 Å². The summed E-state index contributed by atoms with van der Waals surface area (Å²) in [4.78, 5) is 19.5. The summed E-state index contributed by atoms with van der Waals surface area (Å²) < 4.78 is 19.7. The van der Waals surface area contributed by atoms with Crippen molar-refractivity contribution >= 4 is 50.5 Å². The second kappa shape index (κ2) is 8.71. The number of thioether (sulfide) groups is 1. The molecule has 3 rings (SSSR count). The van der Waals surface area contributed by atoms with Crippen LogP contribution in [0.25, 0.3) is 6.08 Å². The molecule has 0 saturated carbocycles. The Morgan fingerprint density at radius 1 is 1.22 bits per heavy atom. The van der Waals surface area contributed by atoms with Crippen LogP contribution in [0.2, 0.25) is 0 Å². The van der Waals surface area contributed by atoms with Gasteiger partial charge in [-0.05, 0) is 74.1 Å². The maximum Gasteiger partial charge on any atom is 0.266 e. The van der Waals surface area contributed by atoms with E-state index in [4.69, 9.17) is 4.74 Å². The van der Waals surface area contributed by atoms with Crippen molar-refractivity contribution in [2.75, 3.05) is 13.2 Å². The van der Waals surface area contributed by atoms with E-state index in [9.17, 15) is 9.18 Å². The Morgan fingerprint density at radius 3 is 2.63 bits per heavy atom. The number of aliphatic imine (C=N–C) groups is 1. The zero-order valence-electron chi connectivity index (χ0n) is 14.9. The van der Waals surface area contributed by atoms with E-state index < -0.39 is 0 Å². The zero-order valence-corrected chi connectivity index (χ0v) is 17.3. The third kappa shape index (κ3) is 4.59. The quantitative estimate of drug-likeness (QED) is 0.558. The molecule has 0 spiro atoms. The molecule has 27 heavy (non-hydrogen) atoms. The van der Waals surface area contributed by atoms with Crippen molar-refractivity contribution < 1.29 is 13.9 Å². The maximum absolute atomic E-state index is 13.1. The number of benzene rings is 2. The average molecular weight is 449 g/mol. The third-order valence-electron chi connectivity index (χ3n) is 3.81. The Morgan fingerprint density at radius 2 is 1.96 bits per heavy atom. The van der Waals surface area contributed by atoms with Gasteiger partial charge in [-0.2, -0.15) is 0 Å². The molecular formula is C20H18BrFN2O2S. The summed E-state index contributed by atoms with van der Waals surface area (Å²) in [5.41, 5.74) is 1.42. The maximum atomic E-state index is 13.1. The molecule has 0 bridgehead atoms. The van der Waals surface area contributed by atoms with Crippen molar-refractivity contribution in [1.82, 2.24) is 4.90 Å². The molecule has 4 nitrogen and oxygen atoms in total. The topological polar surface area (TPSA) is 41.9 Å². The van der Waals surface area contributed by atoms with Crippen LogP contribution in [0.3, 0.4) is 0 Å². The van der Waals surface area contributed by atoms with E-state index in [1.165, 1.54) is 23.9 Å². The number of likely N-dealkylation sites (N-methyl/N-ethyl adjacent to an activating group) is 1. The first kappa shape index (κ1) is 19.6. The number of carbonyl (C=O) groups is 1. The first-order valence-corrected chi connectivity index (χ1v) is 10.1. The summed E-state index contributed by atoms with van der Waals surface area (Å²) in [7, 11) is 0. The van der Waals surface area contributed by atoms with Gasteiger partial charge in [0, 0.05) is 16.6 Å². The SMILES string of the molecule is CCOc1ccc(Br)cc1/C=C1/SC(=Nc2ccc(F)cc2)N(CC)C1=O. The van der Waals surface area contributed by atoms with Crippen molar-refractivity contribution in [3.8, 4) is 5.75 Å². The highest BCUT2D eigenvalue weighted by molar-refractivity contribution is 9.10. The molecule has 0 unspecified atom stereocenters. The molecule has 7 heteroatoms. The minimum absolute atomic E-state index is 0.106. The highest BCUT2D eigenvalue weighted by atomic mass is 79.9. The van der Waals surface area contributed by atoms with Crippen LogP contribution in [0, 0.1) is 5.82 Å². The Kier molecular flexibility index (Phi) is 6.34. The van der Waals surface area contributed by atoms with E-state index in [1.54, 1.807) is 17.0 Å². The van der Waals surface area contributed by atoms with E-state index >= 15 is 0 Å². The van der Waals surface area contributed by atoms with Gasteiger partial charge in [-0.15, -0.1) is 0 Å². The third-order valence-corrected chi connectivity index (χ3v) is 5.31. The van der Waals surface area contributed by atoms with Gasteiger partial charge in [0.2, 0.25) is 0 Å². The largest absolute Gasteiger partial charge is 0.493 e. The second-order valence-corrected chi connectivity index (χ2v) is 7.57. The van der Waals surface area contributed by atoms with Gasteiger partial charge in [-0.25, -0.2) is 9.38 Å². The number of hydrogen-bond donors (Lipinski definition) is 0. The van der Waals surface area contributed by atoms with Gasteiger partial charge in [0.1, 0.15) is 11.6 Å². The summed E-state index contributed by atoms with van der Waals surface area (Å²) in [6.07, 6.45) is 1.82. The van der Waals surface area contributed by atoms with Crippen molar-refractivity contribution in [3.63, 3.8) is 0 Å². The van der Waals surface area contributed by atoms with Crippen molar-refractivity contribution in [1.29, 1.82) is 0 Å². The molecule has 2 aromatic carbocycles. The van der Waals surface area contributed by atoms with Crippen molar-refractivity contribution in [2.45, 2.75) is 13.8 Å². The number of amides is 1. The molecule has 1 fully saturated rings. The standard InChI is InChI=1S/C20H18BrFN2O2S/c1-3-24-19(25)18(12-13-11-14(21)5-10-17(13)26-4-2)27-20(24)23-16-8-6-15(22)7-9-16/h5-12H,3-4H2,1-2H3/b18-12+,23-20?. The van der Waals surface area contributed by atoms with E-state index in [0.29, 0.717) is 34.7 Å². The number of halogens is 2. The lowest BCUT2D eigenvalue weighted by atomic mass is 10.2. The lowest BCUT2D eigenvalue weighted by molar-refractivity contribution is -0.122. The Balaban J connectivity index is 1.96. The van der Waals surface area contributed by atoms with Crippen LogP contribution in [0.1, 0.15) is 19.4 Å². The van der Waals surface area contributed by atoms with Crippen LogP contribution in [-0.2, 0) is 4.79 Å². The number of carbonyl (C=O) groups excluding carboxylic acids is 1. The predicted octanol–water partition coefficient (Wildman–Crippen LogP) is 5.61. The van der Waals surface area contributed by atoms with Gasteiger partial charge in [-0.3, -0.25) is 9.69 Å². The van der Waals surface area contributed by atoms with Gasteiger partial charge in [-0.1, -0.05) is 15.9 Å². The fourth-order valence-corrected chi connectivity index (χ4v) is 3.99.